The van der Waals surface area contributed by atoms with Crippen LogP contribution in [-0.2, 0) is 0 Å². The number of hydrogen-bond donors (Lipinski definition) is 1. The van der Waals surface area contributed by atoms with E-state index in [2.05, 4.69) is 17.2 Å². The lowest BCUT2D eigenvalue weighted by atomic mass is 10.2. The maximum Gasteiger partial charge on any atom is 0.161 e. The van der Waals surface area contributed by atoms with Gasteiger partial charge in [-0.2, -0.15) is 0 Å². The smallest absolute Gasteiger partial charge is 0.161 e. The van der Waals surface area contributed by atoms with Crippen LogP contribution in [0.15, 0.2) is 59.6 Å². The number of ether oxygens (including phenoxy) is 1. The van der Waals surface area contributed by atoms with E-state index in [1.54, 1.807) is 11.8 Å². The average Bonchev–Trinajstić information content (AvgIpc) is 2.53. The Hall–Kier alpha value is -1.94. The standard InChI is InChI=1S/C17H18N2OS/c1-13-11-18-17(21-12-13)19-14-7-9-16(10-8-14)20-15-5-3-2-4-6-15/h2-10,13H,11-12H2,1H3,(H,18,19). The van der Waals surface area contributed by atoms with Gasteiger partial charge in [0.1, 0.15) is 11.5 Å². The number of nitrogens with zero attached hydrogens (tertiary/aromatic N) is 1. The second-order valence-electron chi connectivity index (χ2n) is 5.13. The molecule has 0 aromatic heterocycles. The molecule has 4 heteroatoms. The summed E-state index contributed by atoms with van der Waals surface area (Å²) in [7, 11) is 0. The van der Waals surface area contributed by atoms with Crippen molar-refractivity contribution in [1.82, 2.24) is 0 Å². The zero-order valence-electron chi connectivity index (χ0n) is 12.0. The fourth-order valence-electron chi connectivity index (χ4n) is 1.99. The number of benzene rings is 2. The molecule has 0 spiro atoms. The molecule has 21 heavy (non-hydrogen) atoms. The summed E-state index contributed by atoms with van der Waals surface area (Å²) in [4.78, 5) is 4.53. The number of para-hydroxylation sites is 1. The Morgan fingerprint density at radius 3 is 2.43 bits per heavy atom. The maximum absolute atomic E-state index is 5.77. The first-order chi connectivity index (χ1) is 10.3. The molecule has 3 nitrogen and oxygen atoms in total. The van der Waals surface area contributed by atoms with Crippen molar-refractivity contribution in [2.24, 2.45) is 10.9 Å². The van der Waals surface area contributed by atoms with E-state index in [9.17, 15) is 0 Å². The highest BCUT2D eigenvalue weighted by molar-refractivity contribution is 8.14. The summed E-state index contributed by atoms with van der Waals surface area (Å²) in [5.74, 6) is 3.47. The van der Waals surface area contributed by atoms with E-state index in [-0.39, 0.29) is 0 Å². The van der Waals surface area contributed by atoms with Gasteiger partial charge in [-0.15, -0.1) is 0 Å². The van der Waals surface area contributed by atoms with E-state index < -0.39 is 0 Å². The first kappa shape index (κ1) is 14.0. The van der Waals surface area contributed by atoms with Gasteiger partial charge in [0, 0.05) is 18.0 Å². The zero-order chi connectivity index (χ0) is 14.5. The molecule has 2 aromatic carbocycles. The number of rotatable bonds is 3. The summed E-state index contributed by atoms with van der Waals surface area (Å²) in [5.41, 5.74) is 1.04. The molecule has 3 rings (SSSR count). The fraction of sp³-hybridized carbons (Fsp3) is 0.235. The van der Waals surface area contributed by atoms with Crippen molar-refractivity contribution in [2.75, 3.05) is 17.6 Å². The summed E-state index contributed by atoms with van der Waals surface area (Å²) in [5, 5.41) is 4.35. The Bertz CT molecular complexity index is 610. The molecule has 1 aliphatic rings. The van der Waals surface area contributed by atoms with Crippen molar-refractivity contribution in [3.63, 3.8) is 0 Å². The minimum Gasteiger partial charge on any atom is -0.457 e. The second kappa shape index (κ2) is 6.68. The lowest BCUT2D eigenvalue weighted by Gasteiger charge is -2.18. The van der Waals surface area contributed by atoms with Crippen molar-refractivity contribution in [3.05, 3.63) is 54.6 Å². The molecule has 0 saturated heterocycles. The van der Waals surface area contributed by atoms with Gasteiger partial charge in [0.2, 0.25) is 0 Å². The molecule has 0 bridgehead atoms. The lowest BCUT2D eigenvalue weighted by molar-refractivity contribution is 0.483. The van der Waals surface area contributed by atoms with Crippen molar-refractivity contribution in [1.29, 1.82) is 0 Å². The Kier molecular flexibility index (Phi) is 4.46. The lowest BCUT2D eigenvalue weighted by Crippen LogP contribution is -2.18. The van der Waals surface area contributed by atoms with Crippen LogP contribution >= 0.6 is 11.8 Å². The highest BCUT2D eigenvalue weighted by atomic mass is 32.2. The van der Waals surface area contributed by atoms with Crippen LogP contribution in [0, 0.1) is 5.92 Å². The third-order valence-electron chi connectivity index (χ3n) is 3.14. The number of thioether (sulfide) groups is 1. The Morgan fingerprint density at radius 2 is 1.76 bits per heavy atom. The van der Waals surface area contributed by atoms with Gasteiger partial charge in [-0.25, -0.2) is 0 Å². The van der Waals surface area contributed by atoms with E-state index in [0.717, 1.165) is 34.7 Å². The monoisotopic (exact) mass is 298 g/mol. The van der Waals surface area contributed by atoms with Crippen LogP contribution in [0.25, 0.3) is 0 Å². The molecule has 0 saturated carbocycles. The van der Waals surface area contributed by atoms with Crippen molar-refractivity contribution in [2.45, 2.75) is 6.92 Å². The number of anilines is 1. The molecule has 1 atom stereocenters. The van der Waals surface area contributed by atoms with Gasteiger partial charge in [0.05, 0.1) is 0 Å². The van der Waals surface area contributed by atoms with E-state index in [4.69, 9.17) is 4.74 Å². The molecular formula is C17H18N2OS. The molecule has 0 aliphatic carbocycles. The van der Waals surface area contributed by atoms with E-state index in [1.807, 2.05) is 54.6 Å². The van der Waals surface area contributed by atoms with Crippen LogP contribution in [0.4, 0.5) is 5.69 Å². The number of amidine groups is 1. The summed E-state index contributed by atoms with van der Waals surface area (Å²) in [6.07, 6.45) is 0. The van der Waals surface area contributed by atoms with Gasteiger partial charge in [-0.05, 0) is 42.3 Å². The summed E-state index contributed by atoms with van der Waals surface area (Å²) < 4.78 is 5.77. The number of hydrogen-bond acceptors (Lipinski definition) is 4. The Labute approximate surface area is 129 Å². The molecule has 0 fully saturated rings. The summed E-state index contributed by atoms with van der Waals surface area (Å²) in [6, 6.07) is 17.7. The highest BCUT2D eigenvalue weighted by Crippen LogP contribution is 2.24. The predicted molar refractivity (Wildman–Crippen MR) is 90.5 cm³/mol. The first-order valence-electron chi connectivity index (χ1n) is 7.07. The Morgan fingerprint density at radius 1 is 1.05 bits per heavy atom. The second-order valence-corrected chi connectivity index (χ2v) is 6.14. The van der Waals surface area contributed by atoms with Crippen LogP contribution in [0.1, 0.15) is 6.92 Å². The first-order valence-corrected chi connectivity index (χ1v) is 8.05. The summed E-state index contributed by atoms with van der Waals surface area (Å²) in [6.45, 7) is 3.13. The largest absolute Gasteiger partial charge is 0.457 e. The highest BCUT2D eigenvalue weighted by Gasteiger charge is 2.11. The summed E-state index contributed by atoms with van der Waals surface area (Å²) >= 11 is 1.78. The van der Waals surface area contributed by atoms with Crippen molar-refractivity contribution >= 4 is 22.6 Å². The van der Waals surface area contributed by atoms with Gasteiger partial charge >= 0.3 is 0 Å². The van der Waals surface area contributed by atoms with E-state index in [1.165, 1.54) is 0 Å². The van der Waals surface area contributed by atoms with Crippen LogP contribution in [0.5, 0.6) is 11.5 Å². The van der Waals surface area contributed by atoms with Gasteiger partial charge < -0.3 is 10.1 Å². The molecule has 1 N–H and O–H groups in total. The number of aliphatic imine (C=N–C) groups is 1. The third kappa shape index (κ3) is 4.02. The minimum atomic E-state index is 0.669. The molecule has 1 unspecified atom stereocenters. The predicted octanol–water partition coefficient (Wildman–Crippen LogP) is 4.63. The fourth-order valence-corrected chi connectivity index (χ4v) is 2.89. The average molecular weight is 298 g/mol. The third-order valence-corrected chi connectivity index (χ3v) is 4.38. The maximum atomic E-state index is 5.77. The SMILES string of the molecule is CC1CN=C(Nc2ccc(Oc3ccccc3)cc2)SC1. The number of nitrogens with one attached hydrogen (secondary N) is 1. The quantitative estimate of drug-likeness (QED) is 0.897. The molecule has 108 valence electrons. The normalized spacial score (nSPS) is 18.0. The molecule has 0 radical (unpaired) electrons. The Balaban J connectivity index is 1.62. The molecule has 2 aromatic rings. The van der Waals surface area contributed by atoms with Crippen LogP contribution in [0.2, 0.25) is 0 Å². The van der Waals surface area contributed by atoms with Gasteiger partial charge in [-0.1, -0.05) is 36.9 Å². The minimum absolute atomic E-state index is 0.669. The van der Waals surface area contributed by atoms with Crippen molar-refractivity contribution in [3.8, 4) is 11.5 Å². The van der Waals surface area contributed by atoms with Gasteiger partial charge in [-0.3, -0.25) is 4.99 Å². The molecular weight excluding hydrogens is 280 g/mol. The zero-order valence-corrected chi connectivity index (χ0v) is 12.8. The van der Waals surface area contributed by atoms with E-state index >= 15 is 0 Å². The topological polar surface area (TPSA) is 33.6 Å². The van der Waals surface area contributed by atoms with Crippen LogP contribution in [0.3, 0.4) is 0 Å². The van der Waals surface area contributed by atoms with Gasteiger partial charge in [0.15, 0.2) is 5.17 Å². The van der Waals surface area contributed by atoms with E-state index in [0.29, 0.717) is 5.92 Å². The van der Waals surface area contributed by atoms with Crippen molar-refractivity contribution < 1.29 is 4.74 Å². The molecule has 1 heterocycles. The molecule has 1 aliphatic heterocycles. The van der Waals surface area contributed by atoms with Gasteiger partial charge in [0.25, 0.3) is 0 Å². The van der Waals surface area contributed by atoms with Crippen LogP contribution < -0.4 is 10.1 Å². The van der Waals surface area contributed by atoms with Crippen LogP contribution in [-0.4, -0.2) is 17.5 Å². The molecule has 0 amide bonds.